The molecule has 2 aliphatic rings. The predicted octanol–water partition coefficient (Wildman–Crippen LogP) is 1.82. The molecule has 0 bridgehead atoms. The molecule has 0 radical (unpaired) electrons. The minimum atomic E-state index is -0.773. The van der Waals surface area contributed by atoms with Crippen LogP contribution in [0.1, 0.15) is 46.2 Å². The first-order valence-electron chi connectivity index (χ1n) is 8.15. The zero-order valence-electron chi connectivity index (χ0n) is 15.3. The van der Waals surface area contributed by atoms with Gasteiger partial charge in [-0.15, -0.1) is 0 Å². The lowest BCUT2D eigenvalue weighted by atomic mass is 9.97. The molecular formula is C18H22O8. The molecule has 2 heterocycles. The summed E-state index contributed by atoms with van der Waals surface area (Å²) in [5.41, 5.74) is 0.856. The maximum Gasteiger partial charge on any atom is 0.338 e. The van der Waals surface area contributed by atoms with Gasteiger partial charge < -0.3 is 28.4 Å². The molecule has 0 aromatic heterocycles. The van der Waals surface area contributed by atoms with Crippen molar-refractivity contribution in [3.8, 4) is 0 Å². The molecule has 2 fully saturated rings. The number of carbonyl (C=O) groups excluding carboxylic acids is 2. The van der Waals surface area contributed by atoms with Crippen molar-refractivity contribution in [2.75, 3.05) is 21.3 Å². The first kappa shape index (κ1) is 18.8. The van der Waals surface area contributed by atoms with Crippen LogP contribution >= 0.6 is 0 Å². The molecule has 0 N–H and O–H groups in total. The Labute approximate surface area is 151 Å². The summed E-state index contributed by atoms with van der Waals surface area (Å²) in [5.74, 6) is -2.04. The molecule has 8 nitrogen and oxygen atoms in total. The minimum Gasteiger partial charge on any atom is -0.465 e. The van der Waals surface area contributed by atoms with Crippen molar-refractivity contribution in [1.29, 1.82) is 0 Å². The van der Waals surface area contributed by atoms with Gasteiger partial charge in [0, 0.05) is 7.11 Å². The van der Waals surface area contributed by atoms with E-state index in [1.807, 2.05) is 13.8 Å². The maximum atomic E-state index is 12.1. The smallest absolute Gasteiger partial charge is 0.338 e. The van der Waals surface area contributed by atoms with E-state index in [1.165, 1.54) is 27.4 Å². The summed E-state index contributed by atoms with van der Waals surface area (Å²) in [6.07, 6.45) is -1.94. The summed E-state index contributed by atoms with van der Waals surface area (Å²) < 4.78 is 32.6. The molecule has 0 amide bonds. The number of fused-ring (bicyclic) bond motifs is 1. The average molecular weight is 366 g/mol. The number of hydrogen-bond donors (Lipinski definition) is 0. The van der Waals surface area contributed by atoms with E-state index in [-0.39, 0.29) is 11.1 Å². The van der Waals surface area contributed by atoms with Gasteiger partial charge in [-0.2, -0.15) is 0 Å². The van der Waals surface area contributed by atoms with Crippen molar-refractivity contribution in [2.45, 2.75) is 44.2 Å². The van der Waals surface area contributed by atoms with Crippen LogP contribution in [0, 0.1) is 0 Å². The molecule has 2 aliphatic heterocycles. The number of rotatable bonds is 4. The average Bonchev–Trinajstić information content (AvgIpc) is 3.12. The zero-order valence-corrected chi connectivity index (χ0v) is 15.3. The molecule has 3 rings (SSSR count). The van der Waals surface area contributed by atoms with Crippen molar-refractivity contribution in [3.05, 3.63) is 34.9 Å². The highest BCUT2D eigenvalue weighted by Gasteiger charge is 2.56. The predicted molar refractivity (Wildman–Crippen MR) is 87.6 cm³/mol. The number of benzene rings is 1. The highest BCUT2D eigenvalue weighted by atomic mass is 16.8. The highest BCUT2D eigenvalue weighted by Crippen LogP contribution is 2.45. The molecular weight excluding hydrogens is 344 g/mol. The Balaban J connectivity index is 1.98. The summed E-state index contributed by atoms with van der Waals surface area (Å²) in [6, 6.07) is 4.74. The number of ether oxygens (including phenoxy) is 6. The molecule has 2 saturated heterocycles. The van der Waals surface area contributed by atoms with Gasteiger partial charge in [0.05, 0.1) is 25.3 Å². The van der Waals surface area contributed by atoms with Gasteiger partial charge >= 0.3 is 11.9 Å². The fourth-order valence-electron chi connectivity index (χ4n) is 3.32. The van der Waals surface area contributed by atoms with E-state index >= 15 is 0 Å². The Morgan fingerprint density at radius 2 is 1.58 bits per heavy atom. The minimum absolute atomic E-state index is 0.0936. The molecule has 142 valence electrons. The first-order chi connectivity index (χ1) is 12.3. The van der Waals surface area contributed by atoms with Gasteiger partial charge in [-0.05, 0) is 31.5 Å². The topological polar surface area (TPSA) is 89.5 Å². The molecule has 8 heteroatoms. The molecule has 0 unspecified atom stereocenters. The Kier molecular flexibility index (Phi) is 5.03. The van der Waals surface area contributed by atoms with Crippen LogP contribution in [0.15, 0.2) is 18.2 Å². The van der Waals surface area contributed by atoms with Gasteiger partial charge in [0.2, 0.25) is 0 Å². The van der Waals surface area contributed by atoms with Crippen LogP contribution in [0.4, 0.5) is 0 Å². The normalized spacial score (nSPS) is 29.3. The lowest BCUT2D eigenvalue weighted by Gasteiger charge is -2.24. The van der Waals surface area contributed by atoms with Gasteiger partial charge in [-0.3, -0.25) is 0 Å². The fourth-order valence-corrected chi connectivity index (χ4v) is 3.32. The standard InChI is InChI=1S/C18H22O8/c1-18(2)25-13-12(24-17(23-5)14(13)26-18)9-6-7-10(15(19)21-3)11(8-9)16(20)22-4/h6-8,12-14,17H,1-5H3/t12-,13-,14-,17-/m1/s1. The first-order valence-corrected chi connectivity index (χ1v) is 8.15. The van der Waals surface area contributed by atoms with E-state index in [0.717, 1.165) is 0 Å². The Bertz CT molecular complexity index is 713. The van der Waals surface area contributed by atoms with Crippen molar-refractivity contribution in [2.24, 2.45) is 0 Å². The van der Waals surface area contributed by atoms with Gasteiger partial charge in [0.25, 0.3) is 0 Å². The van der Waals surface area contributed by atoms with E-state index in [4.69, 9.17) is 28.4 Å². The number of methoxy groups -OCH3 is 3. The van der Waals surface area contributed by atoms with E-state index < -0.39 is 42.3 Å². The Hall–Kier alpha value is -2.00. The second kappa shape index (κ2) is 6.96. The summed E-state index contributed by atoms with van der Waals surface area (Å²) in [6.45, 7) is 3.63. The van der Waals surface area contributed by atoms with E-state index in [1.54, 1.807) is 12.1 Å². The van der Waals surface area contributed by atoms with E-state index in [0.29, 0.717) is 5.56 Å². The fraction of sp³-hybridized carbons (Fsp3) is 0.556. The van der Waals surface area contributed by atoms with E-state index in [2.05, 4.69) is 0 Å². The lowest BCUT2D eigenvalue weighted by molar-refractivity contribution is -0.228. The van der Waals surface area contributed by atoms with Crippen molar-refractivity contribution in [1.82, 2.24) is 0 Å². The van der Waals surface area contributed by atoms with Crippen LogP contribution in [0.25, 0.3) is 0 Å². The van der Waals surface area contributed by atoms with Gasteiger partial charge in [-0.1, -0.05) is 6.07 Å². The molecule has 0 spiro atoms. The molecule has 0 aliphatic carbocycles. The van der Waals surface area contributed by atoms with Crippen molar-refractivity contribution < 1.29 is 38.0 Å². The van der Waals surface area contributed by atoms with Crippen LogP contribution < -0.4 is 0 Å². The third kappa shape index (κ3) is 3.21. The molecule has 0 saturated carbocycles. The summed E-state index contributed by atoms with van der Waals surface area (Å²) in [4.78, 5) is 24.0. The largest absolute Gasteiger partial charge is 0.465 e. The van der Waals surface area contributed by atoms with Crippen molar-refractivity contribution >= 4 is 11.9 Å². The second-order valence-corrected chi connectivity index (χ2v) is 6.51. The van der Waals surface area contributed by atoms with Crippen LogP contribution in [0.2, 0.25) is 0 Å². The lowest BCUT2D eigenvalue weighted by Crippen LogP contribution is -2.30. The number of esters is 2. The quantitative estimate of drug-likeness (QED) is 0.746. The number of hydrogen-bond acceptors (Lipinski definition) is 8. The van der Waals surface area contributed by atoms with Crippen LogP contribution in [-0.2, 0) is 28.4 Å². The number of carbonyl (C=O) groups is 2. The van der Waals surface area contributed by atoms with Crippen molar-refractivity contribution in [3.63, 3.8) is 0 Å². The summed E-state index contributed by atoms with van der Waals surface area (Å²) in [5, 5.41) is 0. The van der Waals surface area contributed by atoms with E-state index in [9.17, 15) is 9.59 Å². The monoisotopic (exact) mass is 366 g/mol. The second-order valence-electron chi connectivity index (χ2n) is 6.51. The van der Waals surface area contributed by atoms with Gasteiger partial charge in [-0.25, -0.2) is 9.59 Å². The zero-order chi connectivity index (χ0) is 19.1. The summed E-state index contributed by atoms with van der Waals surface area (Å²) in [7, 11) is 4.02. The van der Waals surface area contributed by atoms with Gasteiger partial charge in [0.15, 0.2) is 12.1 Å². The Morgan fingerprint density at radius 1 is 0.962 bits per heavy atom. The summed E-state index contributed by atoms with van der Waals surface area (Å²) >= 11 is 0. The molecule has 4 atom stereocenters. The van der Waals surface area contributed by atoms with Crippen LogP contribution in [0.3, 0.4) is 0 Å². The highest BCUT2D eigenvalue weighted by molar-refractivity contribution is 6.03. The molecule has 26 heavy (non-hydrogen) atoms. The molecule has 1 aromatic carbocycles. The third-order valence-corrected chi connectivity index (χ3v) is 4.43. The maximum absolute atomic E-state index is 12.1. The van der Waals surface area contributed by atoms with Crippen LogP contribution in [-0.4, -0.2) is 57.6 Å². The van der Waals surface area contributed by atoms with Gasteiger partial charge in [0.1, 0.15) is 18.3 Å². The molecule has 1 aromatic rings. The Morgan fingerprint density at radius 3 is 2.19 bits per heavy atom. The van der Waals surface area contributed by atoms with Crippen LogP contribution in [0.5, 0.6) is 0 Å². The SMILES string of the molecule is COC(=O)c1ccc([C@H]2O[C@@H](OC)[C@@H]3OC(C)(C)O[C@@H]32)cc1C(=O)OC. The third-order valence-electron chi connectivity index (χ3n) is 4.43.